The molecule has 3 aromatic rings. The lowest BCUT2D eigenvalue weighted by molar-refractivity contribution is -0.145. The minimum Gasteiger partial charge on any atom is -0.477 e. The third kappa shape index (κ3) is 6.18. The Labute approximate surface area is 242 Å². The molecule has 1 aliphatic carbocycles. The van der Waals surface area contributed by atoms with E-state index in [2.05, 4.69) is 15.0 Å². The summed E-state index contributed by atoms with van der Waals surface area (Å²) in [5.74, 6) is 0.910. The van der Waals surface area contributed by atoms with E-state index < -0.39 is 6.43 Å². The molecule has 2 aromatic heterocycles. The Balaban J connectivity index is 1.18. The Bertz CT molecular complexity index is 1380. The van der Waals surface area contributed by atoms with Crippen LogP contribution in [-0.4, -0.2) is 101 Å². The maximum Gasteiger partial charge on any atom is 0.296 e. The van der Waals surface area contributed by atoms with Crippen molar-refractivity contribution in [1.82, 2.24) is 24.4 Å². The molecule has 1 N–H and O–H groups in total. The zero-order valence-corrected chi connectivity index (χ0v) is 23.4. The average Bonchev–Trinajstić information content (AvgIpc) is 3.44. The van der Waals surface area contributed by atoms with Gasteiger partial charge in [-0.15, -0.1) is 0 Å². The van der Waals surface area contributed by atoms with Crippen LogP contribution in [0.5, 0.6) is 5.88 Å². The molecule has 11 nitrogen and oxygen atoms in total. The Hall–Kier alpha value is -3.42. The van der Waals surface area contributed by atoms with Gasteiger partial charge < -0.3 is 29.1 Å². The van der Waals surface area contributed by atoms with Crippen LogP contribution in [-0.2, 0) is 14.3 Å². The third-order valence-electron chi connectivity index (χ3n) is 8.30. The number of carbonyl (C=O) groups is 1. The van der Waals surface area contributed by atoms with Gasteiger partial charge in [0.25, 0.3) is 6.43 Å². The number of hydrogen-bond acceptors (Lipinski definition) is 9. The second kappa shape index (κ2) is 12.8. The number of rotatable bonds is 8. The smallest absolute Gasteiger partial charge is 0.296 e. The van der Waals surface area contributed by atoms with Gasteiger partial charge in [-0.25, -0.2) is 13.8 Å². The number of nitrogens with zero attached hydrogens (tertiary/aromatic N) is 6. The van der Waals surface area contributed by atoms with Gasteiger partial charge in [0.15, 0.2) is 5.82 Å². The van der Waals surface area contributed by atoms with Crippen LogP contribution in [0.2, 0.25) is 0 Å². The topological polar surface area (TPSA) is 115 Å². The molecule has 1 unspecified atom stereocenters. The Morgan fingerprint density at radius 1 is 1.05 bits per heavy atom. The molecule has 0 bridgehead atoms. The average molecular weight is 587 g/mol. The second-order valence-corrected chi connectivity index (χ2v) is 11.0. The second-order valence-electron chi connectivity index (χ2n) is 11.0. The summed E-state index contributed by atoms with van der Waals surface area (Å²) in [6.45, 7) is 3.94. The highest BCUT2D eigenvalue weighted by Gasteiger charge is 2.32. The fourth-order valence-electron chi connectivity index (χ4n) is 5.99. The molecular weight excluding hydrogens is 550 g/mol. The van der Waals surface area contributed by atoms with E-state index >= 15 is 0 Å². The van der Waals surface area contributed by atoms with Crippen molar-refractivity contribution in [3.05, 3.63) is 36.2 Å². The van der Waals surface area contributed by atoms with Crippen LogP contribution in [0.1, 0.15) is 37.9 Å². The first kappa shape index (κ1) is 28.7. The SMILES string of the molecule is O=C(C1CCC(COc2cc(-n3c(C(F)F)nc4ccccc43)nc(N3CCOCC3)n2)CC1)N1CCOC(CO)C1. The van der Waals surface area contributed by atoms with Crippen molar-refractivity contribution in [2.24, 2.45) is 11.8 Å². The van der Waals surface area contributed by atoms with Crippen LogP contribution < -0.4 is 9.64 Å². The molecule has 42 heavy (non-hydrogen) atoms. The molecule has 3 fully saturated rings. The molecule has 1 saturated carbocycles. The van der Waals surface area contributed by atoms with Crippen molar-refractivity contribution in [2.75, 3.05) is 64.1 Å². The lowest BCUT2D eigenvalue weighted by atomic mass is 9.81. The van der Waals surface area contributed by atoms with Gasteiger partial charge in [0.1, 0.15) is 5.82 Å². The Kier molecular flexibility index (Phi) is 8.77. The molecule has 13 heteroatoms. The zero-order chi connectivity index (χ0) is 29.1. The van der Waals surface area contributed by atoms with Crippen molar-refractivity contribution < 1.29 is 32.9 Å². The lowest BCUT2D eigenvalue weighted by Gasteiger charge is -2.36. The molecule has 0 spiro atoms. The molecule has 1 amide bonds. The summed E-state index contributed by atoms with van der Waals surface area (Å²) in [6.07, 6.45) is 0.0835. The van der Waals surface area contributed by atoms with E-state index in [-0.39, 0.29) is 42.1 Å². The number of fused-ring (bicyclic) bond motifs is 1. The van der Waals surface area contributed by atoms with Crippen molar-refractivity contribution in [2.45, 2.75) is 38.2 Å². The van der Waals surface area contributed by atoms with Crippen molar-refractivity contribution in [1.29, 1.82) is 0 Å². The van der Waals surface area contributed by atoms with E-state index in [1.54, 1.807) is 30.3 Å². The van der Waals surface area contributed by atoms with E-state index in [1.807, 2.05) is 9.80 Å². The fourth-order valence-corrected chi connectivity index (χ4v) is 5.99. The van der Waals surface area contributed by atoms with Gasteiger partial charge in [-0.05, 0) is 43.7 Å². The number of amides is 1. The number of alkyl halides is 2. The molecular formula is C29H36F2N6O5. The first-order valence-corrected chi connectivity index (χ1v) is 14.6. The number of morpholine rings is 2. The first-order chi connectivity index (χ1) is 20.5. The number of anilines is 1. The summed E-state index contributed by atoms with van der Waals surface area (Å²) in [5, 5.41) is 9.40. The number of aliphatic hydroxyl groups excluding tert-OH is 1. The van der Waals surface area contributed by atoms with Gasteiger partial charge >= 0.3 is 0 Å². The number of carbonyl (C=O) groups excluding carboxylic acids is 1. The summed E-state index contributed by atoms with van der Waals surface area (Å²) in [7, 11) is 0. The predicted molar refractivity (Wildman–Crippen MR) is 149 cm³/mol. The number of para-hydroxylation sites is 2. The van der Waals surface area contributed by atoms with E-state index in [0.717, 1.165) is 25.7 Å². The van der Waals surface area contributed by atoms with E-state index in [4.69, 9.17) is 14.2 Å². The van der Waals surface area contributed by atoms with E-state index in [1.165, 1.54) is 4.57 Å². The maximum atomic E-state index is 14.1. The monoisotopic (exact) mass is 586 g/mol. The van der Waals surface area contributed by atoms with Gasteiger partial charge in [-0.1, -0.05) is 12.1 Å². The summed E-state index contributed by atoms with van der Waals surface area (Å²) >= 11 is 0. The molecule has 0 radical (unpaired) electrons. The molecule has 1 atom stereocenters. The highest BCUT2D eigenvalue weighted by Crippen LogP contribution is 2.33. The number of ether oxygens (including phenoxy) is 3. The number of benzene rings is 1. The van der Waals surface area contributed by atoms with Gasteiger partial charge in [-0.3, -0.25) is 9.36 Å². The first-order valence-electron chi connectivity index (χ1n) is 14.6. The minimum absolute atomic E-state index is 0.0421. The van der Waals surface area contributed by atoms with Gasteiger partial charge in [0.2, 0.25) is 17.7 Å². The summed E-state index contributed by atoms with van der Waals surface area (Å²) in [5.41, 5.74) is 0.982. The van der Waals surface area contributed by atoms with Crippen molar-refractivity contribution >= 4 is 22.9 Å². The van der Waals surface area contributed by atoms with Crippen LogP contribution in [0.15, 0.2) is 30.3 Å². The quantitative estimate of drug-likeness (QED) is 0.425. The normalized spacial score (nSPS) is 23.5. The Morgan fingerprint density at radius 3 is 2.60 bits per heavy atom. The van der Waals surface area contributed by atoms with Crippen molar-refractivity contribution in [3.8, 4) is 11.7 Å². The van der Waals surface area contributed by atoms with Crippen LogP contribution in [0, 0.1) is 11.8 Å². The predicted octanol–water partition coefficient (Wildman–Crippen LogP) is 2.99. The van der Waals surface area contributed by atoms with E-state index in [9.17, 15) is 18.7 Å². The van der Waals surface area contributed by atoms with Crippen LogP contribution in [0.3, 0.4) is 0 Å². The molecule has 2 saturated heterocycles. The van der Waals surface area contributed by atoms with Crippen LogP contribution in [0.25, 0.3) is 16.9 Å². The highest BCUT2D eigenvalue weighted by molar-refractivity contribution is 5.79. The largest absolute Gasteiger partial charge is 0.477 e. The molecule has 226 valence electrons. The van der Waals surface area contributed by atoms with Crippen LogP contribution in [0.4, 0.5) is 14.7 Å². The number of aliphatic hydroxyl groups is 1. The highest BCUT2D eigenvalue weighted by atomic mass is 19.3. The van der Waals surface area contributed by atoms with Crippen molar-refractivity contribution in [3.63, 3.8) is 0 Å². The summed E-state index contributed by atoms with van der Waals surface area (Å²) in [4.78, 5) is 30.3. The van der Waals surface area contributed by atoms with Gasteiger partial charge in [0, 0.05) is 38.2 Å². The number of halogens is 2. The van der Waals surface area contributed by atoms with Gasteiger partial charge in [-0.2, -0.15) is 9.97 Å². The standard InChI is InChI=1S/C29H36F2N6O5/c30-26(31)27-32-22-3-1-2-4-23(22)37(27)24-15-25(34-29(33-24)35-9-12-40-13-10-35)42-18-19-5-7-20(8-6-19)28(39)36-11-14-41-21(16-36)17-38/h1-4,15,19-21,26,38H,5-14,16-18H2. The fraction of sp³-hybridized carbons (Fsp3) is 0.586. The van der Waals surface area contributed by atoms with Gasteiger partial charge in [0.05, 0.1) is 50.2 Å². The zero-order valence-electron chi connectivity index (χ0n) is 23.4. The number of imidazole rings is 1. The summed E-state index contributed by atoms with van der Waals surface area (Å²) < 4.78 is 46.8. The summed E-state index contributed by atoms with van der Waals surface area (Å²) in [6, 6.07) is 8.57. The number of hydrogen-bond donors (Lipinski definition) is 1. The van der Waals surface area contributed by atoms with Crippen LogP contribution >= 0.6 is 0 Å². The minimum atomic E-state index is -2.80. The lowest BCUT2D eigenvalue weighted by Crippen LogP contribution is -2.49. The Morgan fingerprint density at radius 2 is 1.83 bits per heavy atom. The third-order valence-corrected chi connectivity index (χ3v) is 8.30. The molecule has 3 aliphatic rings. The number of aromatic nitrogens is 4. The maximum absolute atomic E-state index is 14.1. The molecule has 2 aliphatic heterocycles. The molecule has 1 aromatic carbocycles. The van der Waals surface area contributed by atoms with E-state index in [0.29, 0.717) is 75.5 Å². The molecule has 6 rings (SSSR count). The molecule has 4 heterocycles.